The summed E-state index contributed by atoms with van der Waals surface area (Å²) in [5.41, 5.74) is 3.35. The molecule has 0 bridgehead atoms. The van der Waals surface area contributed by atoms with Crippen molar-refractivity contribution in [1.82, 2.24) is 9.88 Å². The summed E-state index contributed by atoms with van der Waals surface area (Å²) < 4.78 is 11.0. The third kappa shape index (κ3) is 3.60. The SMILES string of the molecule is COc1ccc2c(c1)C[C@@H](C1CCOCC1)N(C(=O)c1sc(C)nc1C)C2. The number of hydrogen-bond donors (Lipinski definition) is 0. The van der Waals surface area contributed by atoms with Crippen LogP contribution in [-0.2, 0) is 17.7 Å². The van der Waals surface area contributed by atoms with Crippen molar-refractivity contribution in [3.63, 3.8) is 0 Å². The average molecular weight is 387 g/mol. The van der Waals surface area contributed by atoms with Crippen LogP contribution in [0.5, 0.6) is 5.75 Å². The van der Waals surface area contributed by atoms with Gasteiger partial charge in [0.05, 0.1) is 17.8 Å². The molecular formula is C21H26N2O3S. The normalized spacial score (nSPS) is 20.4. The highest BCUT2D eigenvalue weighted by Crippen LogP contribution is 2.35. The number of ether oxygens (including phenoxy) is 2. The van der Waals surface area contributed by atoms with Crippen molar-refractivity contribution in [2.24, 2.45) is 5.92 Å². The van der Waals surface area contributed by atoms with Crippen LogP contribution in [0.4, 0.5) is 0 Å². The Balaban J connectivity index is 1.69. The van der Waals surface area contributed by atoms with E-state index in [-0.39, 0.29) is 11.9 Å². The number of rotatable bonds is 3. The van der Waals surface area contributed by atoms with E-state index in [9.17, 15) is 4.79 Å². The zero-order valence-corrected chi connectivity index (χ0v) is 17.0. The number of hydrogen-bond acceptors (Lipinski definition) is 5. The fraction of sp³-hybridized carbons (Fsp3) is 0.524. The van der Waals surface area contributed by atoms with Crippen molar-refractivity contribution in [2.75, 3.05) is 20.3 Å². The van der Waals surface area contributed by atoms with Crippen molar-refractivity contribution in [3.05, 3.63) is 44.9 Å². The monoisotopic (exact) mass is 386 g/mol. The molecule has 5 nitrogen and oxygen atoms in total. The van der Waals surface area contributed by atoms with Crippen molar-refractivity contribution in [3.8, 4) is 5.75 Å². The molecule has 3 heterocycles. The molecule has 2 aliphatic heterocycles. The molecule has 27 heavy (non-hydrogen) atoms. The van der Waals surface area contributed by atoms with Crippen molar-refractivity contribution in [1.29, 1.82) is 0 Å². The quantitative estimate of drug-likeness (QED) is 0.806. The van der Waals surface area contributed by atoms with Crippen LogP contribution in [-0.4, -0.2) is 42.2 Å². The first kappa shape index (κ1) is 18.4. The Morgan fingerprint density at radius 3 is 2.70 bits per heavy atom. The molecule has 1 aromatic carbocycles. The first-order valence-electron chi connectivity index (χ1n) is 9.55. The fourth-order valence-corrected chi connectivity index (χ4v) is 5.19. The van der Waals surface area contributed by atoms with Gasteiger partial charge in [0, 0.05) is 25.8 Å². The van der Waals surface area contributed by atoms with Gasteiger partial charge in [0.1, 0.15) is 10.6 Å². The van der Waals surface area contributed by atoms with Crippen LogP contribution in [0.15, 0.2) is 18.2 Å². The number of amides is 1. The summed E-state index contributed by atoms with van der Waals surface area (Å²) in [5.74, 6) is 1.47. The van der Waals surface area contributed by atoms with E-state index in [0.717, 1.165) is 53.8 Å². The standard InChI is InChI=1S/C21H26N2O3S/c1-13-20(27-14(2)22-13)21(24)23-12-16-4-5-18(25-3)10-17(16)11-19(23)15-6-8-26-9-7-15/h4-5,10,15,19H,6-9,11-12H2,1-3H3/t19-/m0/s1. The molecule has 0 N–H and O–H groups in total. The molecule has 1 aromatic heterocycles. The van der Waals surface area contributed by atoms with Gasteiger partial charge in [-0.15, -0.1) is 11.3 Å². The van der Waals surface area contributed by atoms with Crippen LogP contribution in [0.1, 0.15) is 44.3 Å². The lowest BCUT2D eigenvalue weighted by Crippen LogP contribution is -2.49. The highest BCUT2D eigenvalue weighted by molar-refractivity contribution is 7.13. The van der Waals surface area contributed by atoms with E-state index >= 15 is 0 Å². The van der Waals surface area contributed by atoms with Gasteiger partial charge in [0.25, 0.3) is 5.91 Å². The Kier molecular flexibility index (Phi) is 5.19. The van der Waals surface area contributed by atoms with Crippen LogP contribution < -0.4 is 4.74 Å². The second-order valence-electron chi connectivity index (χ2n) is 7.44. The Morgan fingerprint density at radius 1 is 1.26 bits per heavy atom. The van der Waals surface area contributed by atoms with Gasteiger partial charge < -0.3 is 14.4 Å². The van der Waals surface area contributed by atoms with Crippen molar-refractivity contribution in [2.45, 2.75) is 45.7 Å². The molecule has 1 fully saturated rings. The minimum Gasteiger partial charge on any atom is -0.497 e. The number of methoxy groups -OCH3 is 1. The van der Waals surface area contributed by atoms with Gasteiger partial charge in [-0.25, -0.2) is 4.98 Å². The van der Waals surface area contributed by atoms with E-state index in [1.807, 2.05) is 19.9 Å². The minimum atomic E-state index is 0.121. The lowest BCUT2D eigenvalue weighted by Gasteiger charge is -2.42. The predicted octanol–water partition coefficient (Wildman–Crippen LogP) is 3.76. The number of aromatic nitrogens is 1. The highest BCUT2D eigenvalue weighted by atomic mass is 32.1. The lowest BCUT2D eigenvalue weighted by atomic mass is 9.82. The fourth-order valence-electron chi connectivity index (χ4n) is 4.31. The summed E-state index contributed by atoms with van der Waals surface area (Å²) in [6.45, 7) is 6.11. The second kappa shape index (κ2) is 7.60. The van der Waals surface area contributed by atoms with Crippen LogP contribution in [0.25, 0.3) is 0 Å². The number of aryl methyl sites for hydroxylation is 2. The Morgan fingerprint density at radius 2 is 2.04 bits per heavy atom. The minimum absolute atomic E-state index is 0.121. The zero-order chi connectivity index (χ0) is 19.0. The second-order valence-corrected chi connectivity index (χ2v) is 8.64. The lowest BCUT2D eigenvalue weighted by molar-refractivity contribution is 0.0182. The van der Waals surface area contributed by atoms with Gasteiger partial charge in [-0.1, -0.05) is 6.07 Å². The number of carbonyl (C=O) groups is 1. The van der Waals surface area contributed by atoms with Gasteiger partial charge in [0.2, 0.25) is 0 Å². The van der Waals surface area contributed by atoms with Crippen molar-refractivity contribution < 1.29 is 14.3 Å². The molecule has 0 radical (unpaired) electrons. The molecule has 1 saturated heterocycles. The molecule has 2 aliphatic rings. The maximum atomic E-state index is 13.5. The maximum Gasteiger partial charge on any atom is 0.266 e. The molecule has 144 valence electrons. The molecular weight excluding hydrogens is 360 g/mol. The zero-order valence-electron chi connectivity index (χ0n) is 16.2. The number of thiazole rings is 1. The molecule has 0 unspecified atom stereocenters. The van der Waals surface area contributed by atoms with Gasteiger partial charge in [0.15, 0.2) is 0 Å². The summed E-state index contributed by atoms with van der Waals surface area (Å²) in [5, 5.41) is 0.945. The molecule has 4 rings (SSSR count). The van der Waals surface area contributed by atoms with Gasteiger partial charge in [-0.05, 0) is 62.3 Å². The summed E-state index contributed by atoms with van der Waals surface area (Å²) in [4.78, 5) is 20.8. The molecule has 0 spiro atoms. The summed E-state index contributed by atoms with van der Waals surface area (Å²) in [6, 6.07) is 6.41. The smallest absolute Gasteiger partial charge is 0.266 e. The molecule has 0 aliphatic carbocycles. The number of benzene rings is 1. The van der Waals surface area contributed by atoms with E-state index in [1.54, 1.807) is 7.11 Å². The van der Waals surface area contributed by atoms with Crippen LogP contribution >= 0.6 is 11.3 Å². The van der Waals surface area contributed by atoms with E-state index in [2.05, 4.69) is 22.0 Å². The largest absolute Gasteiger partial charge is 0.497 e. The first-order valence-corrected chi connectivity index (χ1v) is 10.4. The van der Waals surface area contributed by atoms with Crippen LogP contribution in [0, 0.1) is 19.8 Å². The summed E-state index contributed by atoms with van der Waals surface area (Å²) in [6.07, 6.45) is 2.89. The van der Waals surface area contributed by atoms with E-state index in [4.69, 9.17) is 9.47 Å². The van der Waals surface area contributed by atoms with E-state index in [1.165, 1.54) is 22.5 Å². The van der Waals surface area contributed by atoms with Gasteiger partial charge in [-0.2, -0.15) is 0 Å². The molecule has 6 heteroatoms. The molecule has 1 amide bonds. The number of fused-ring (bicyclic) bond motifs is 1. The van der Waals surface area contributed by atoms with Crippen LogP contribution in [0.2, 0.25) is 0 Å². The van der Waals surface area contributed by atoms with Crippen LogP contribution in [0.3, 0.4) is 0 Å². The Bertz CT molecular complexity index is 842. The van der Waals surface area contributed by atoms with Gasteiger partial charge >= 0.3 is 0 Å². The van der Waals surface area contributed by atoms with E-state index in [0.29, 0.717) is 12.5 Å². The Hall–Kier alpha value is -1.92. The maximum absolute atomic E-state index is 13.5. The molecule has 1 atom stereocenters. The number of nitrogens with zero attached hydrogens (tertiary/aromatic N) is 2. The van der Waals surface area contributed by atoms with E-state index < -0.39 is 0 Å². The molecule has 2 aromatic rings. The third-order valence-electron chi connectivity index (χ3n) is 5.75. The first-order chi connectivity index (χ1) is 13.1. The third-order valence-corrected chi connectivity index (χ3v) is 6.81. The summed E-state index contributed by atoms with van der Waals surface area (Å²) in [7, 11) is 1.70. The van der Waals surface area contributed by atoms with Crippen molar-refractivity contribution >= 4 is 17.2 Å². The Labute approximate surface area is 164 Å². The summed E-state index contributed by atoms with van der Waals surface area (Å²) >= 11 is 1.51. The van der Waals surface area contributed by atoms with Gasteiger partial charge in [-0.3, -0.25) is 4.79 Å². The number of carbonyl (C=O) groups excluding carboxylic acids is 1. The predicted molar refractivity (Wildman–Crippen MR) is 105 cm³/mol. The topological polar surface area (TPSA) is 51.7 Å². The molecule has 0 saturated carbocycles. The highest BCUT2D eigenvalue weighted by Gasteiger charge is 2.37. The average Bonchev–Trinajstić information content (AvgIpc) is 3.04.